The van der Waals surface area contributed by atoms with E-state index in [-0.39, 0.29) is 5.91 Å². The average Bonchev–Trinajstić information content (AvgIpc) is 3.01. The molecule has 0 bridgehead atoms. The van der Waals surface area contributed by atoms with E-state index in [1.807, 2.05) is 13.8 Å². The van der Waals surface area contributed by atoms with Gasteiger partial charge >= 0.3 is 0 Å². The smallest absolute Gasteiger partial charge is 0.257 e. The standard InChI is InChI=1S/C13H15NO3/c1-3-14(4-2)13(15)10-7-9-17-12(10)11-6-5-8-16-11/h5-9H,3-4H2,1-2H3. The lowest BCUT2D eigenvalue weighted by Gasteiger charge is -2.17. The van der Waals surface area contributed by atoms with Crippen LogP contribution >= 0.6 is 0 Å². The van der Waals surface area contributed by atoms with E-state index in [1.54, 1.807) is 29.4 Å². The Balaban J connectivity index is 2.34. The van der Waals surface area contributed by atoms with Crippen molar-refractivity contribution in [2.75, 3.05) is 13.1 Å². The van der Waals surface area contributed by atoms with Gasteiger partial charge < -0.3 is 13.7 Å². The van der Waals surface area contributed by atoms with Crippen molar-refractivity contribution >= 4 is 5.91 Å². The van der Waals surface area contributed by atoms with E-state index < -0.39 is 0 Å². The molecule has 4 nitrogen and oxygen atoms in total. The van der Waals surface area contributed by atoms with Gasteiger partial charge in [-0.15, -0.1) is 0 Å². The maximum Gasteiger partial charge on any atom is 0.257 e. The van der Waals surface area contributed by atoms with Crippen LogP contribution in [0.5, 0.6) is 0 Å². The molecule has 4 heteroatoms. The van der Waals surface area contributed by atoms with Gasteiger partial charge in [0.25, 0.3) is 5.91 Å². The molecular weight excluding hydrogens is 218 g/mol. The van der Waals surface area contributed by atoms with Crippen LogP contribution in [-0.2, 0) is 0 Å². The number of nitrogens with zero attached hydrogens (tertiary/aromatic N) is 1. The third-order valence-electron chi connectivity index (χ3n) is 2.69. The van der Waals surface area contributed by atoms with Gasteiger partial charge in [-0.25, -0.2) is 0 Å². The third kappa shape index (κ3) is 2.11. The molecule has 2 aromatic rings. The molecule has 17 heavy (non-hydrogen) atoms. The zero-order valence-electron chi connectivity index (χ0n) is 9.97. The molecule has 0 N–H and O–H groups in total. The van der Waals surface area contributed by atoms with Crippen LogP contribution in [0.4, 0.5) is 0 Å². The zero-order chi connectivity index (χ0) is 12.3. The van der Waals surface area contributed by atoms with Crippen molar-refractivity contribution < 1.29 is 13.6 Å². The Bertz CT molecular complexity index is 480. The highest BCUT2D eigenvalue weighted by molar-refractivity contribution is 5.99. The summed E-state index contributed by atoms with van der Waals surface area (Å²) in [6.45, 7) is 5.26. The lowest BCUT2D eigenvalue weighted by atomic mass is 10.2. The normalized spacial score (nSPS) is 10.5. The van der Waals surface area contributed by atoms with Gasteiger partial charge in [0.1, 0.15) is 0 Å². The van der Waals surface area contributed by atoms with Gasteiger partial charge in [0.05, 0.1) is 18.1 Å². The predicted molar refractivity (Wildman–Crippen MR) is 63.7 cm³/mol. The molecule has 90 valence electrons. The molecule has 0 spiro atoms. The van der Waals surface area contributed by atoms with E-state index in [4.69, 9.17) is 8.83 Å². The lowest BCUT2D eigenvalue weighted by molar-refractivity contribution is 0.0773. The highest BCUT2D eigenvalue weighted by Gasteiger charge is 2.21. The maximum absolute atomic E-state index is 12.2. The molecule has 0 aliphatic carbocycles. The van der Waals surface area contributed by atoms with Gasteiger partial charge in [-0.3, -0.25) is 4.79 Å². The Morgan fingerprint density at radius 1 is 1.18 bits per heavy atom. The average molecular weight is 233 g/mol. The van der Waals surface area contributed by atoms with Crippen LogP contribution in [0, 0.1) is 0 Å². The Morgan fingerprint density at radius 3 is 2.53 bits per heavy atom. The van der Waals surface area contributed by atoms with Crippen LogP contribution in [0.3, 0.4) is 0 Å². The molecule has 0 aliphatic rings. The summed E-state index contributed by atoms with van der Waals surface area (Å²) in [6, 6.07) is 5.22. The van der Waals surface area contributed by atoms with Crippen LogP contribution in [0.15, 0.2) is 39.6 Å². The zero-order valence-corrected chi connectivity index (χ0v) is 9.97. The molecular formula is C13H15NO3. The van der Waals surface area contributed by atoms with Crippen molar-refractivity contribution in [3.63, 3.8) is 0 Å². The molecule has 0 saturated carbocycles. The number of rotatable bonds is 4. The van der Waals surface area contributed by atoms with Gasteiger partial charge in [0.2, 0.25) is 0 Å². The number of carbonyl (C=O) groups is 1. The summed E-state index contributed by atoms with van der Waals surface area (Å²) < 4.78 is 10.6. The summed E-state index contributed by atoms with van der Waals surface area (Å²) >= 11 is 0. The fourth-order valence-electron chi connectivity index (χ4n) is 1.76. The van der Waals surface area contributed by atoms with Gasteiger partial charge in [0.15, 0.2) is 11.5 Å². The molecule has 0 aliphatic heterocycles. The van der Waals surface area contributed by atoms with Crippen molar-refractivity contribution in [1.29, 1.82) is 0 Å². The Morgan fingerprint density at radius 2 is 1.94 bits per heavy atom. The van der Waals surface area contributed by atoms with Gasteiger partial charge in [0, 0.05) is 13.1 Å². The van der Waals surface area contributed by atoms with E-state index in [2.05, 4.69) is 0 Å². The van der Waals surface area contributed by atoms with E-state index in [1.165, 1.54) is 6.26 Å². The van der Waals surface area contributed by atoms with Gasteiger partial charge in [-0.05, 0) is 32.0 Å². The number of amides is 1. The van der Waals surface area contributed by atoms with Crippen LogP contribution in [-0.4, -0.2) is 23.9 Å². The Kier molecular flexibility index (Phi) is 3.32. The number of hydrogen-bond donors (Lipinski definition) is 0. The highest BCUT2D eigenvalue weighted by Crippen LogP contribution is 2.26. The first kappa shape index (κ1) is 11.5. The van der Waals surface area contributed by atoms with E-state index in [9.17, 15) is 4.79 Å². The summed E-state index contributed by atoms with van der Waals surface area (Å²) in [7, 11) is 0. The van der Waals surface area contributed by atoms with Crippen LogP contribution in [0.2, 0.25) is 0 Å². The molecule has 1 amide bonds. The van der Waals surface area contributed by atoms with E-state index >= 15 is 0 Å². The van der Waals surface area contributed by atoms with Crippen molar-refractivity contribution in [3.8, 4) is 11.5 Å². The minimum atomic E-state index is -0.0323. The number of carbonyl (C=O) groups excluding carboxylic acids is 1. The molecule has 2 rings (SSSR count). The first-order valence-corrected chi connectivity index (χ1v) is 5.68. The second kappa shape index (κ2) is 4.91. The first-order chi connectivity index (χ1) is 8.27. The second-order valence-electron chi connectivity index (χ2n) is 3.62. The molecule has 2 aromatic heterocycles. The molecule has 0 saturated heterocycles. The summed E-state index contributed by atoms with van der Waals surface area (Å²) in [4.78, 5) is 14.0. The minimum Gasteiger partial charge on any atom is -0.461 e. The largest absolute Gasteiger partial charge is 0.461 e. The molecule has 0 aromatic carbocycles. The molecule has 0 radical (unpaired) electrons. The summed E-state index contributed by atoms with van der Waals surface area (Å²) in [5.74, 6) is 1.03. The van der Waals surface area contributed by atoms with Gasteiger partial charge in [-0.1, -0.05) is 0 Å². The highest BCUT2D eigenvalue weighted by atomic mass is 16.4. The summed E-state index contributed by atoms with van der Waals surface area (Å²) in [6.07, 6.45) is 3.07. The second-order valence-corrected chi connectivity index (χ2v) is 3.62. The predicted octanol–water partition coefficient (Wildman–Crippen LogP) is 3.02. The summed E-state index contributed by atoms with van der Waals surface area (Å²) in [5.41, 5.74) is 0.545. The van der Waals surface area contributed by atoms with E-state index in [0.717, 1.165) is 0 Å². The van der Waals surface area contributed by atoms with Crippen molar-refractivity contribution in [1.82, 2.24) is 4.90 Å². The fourth-order valence-corrected chi connectivity index (χ4v) is 1.76. The van der Waals surface area contributed by atoms with Crippen LogP contribution in [0.25, 0.3) is 11.5 Å². The SMILES string of the molecule is CCN(CC)C(=O)c1ccoc1-c1ccco1. The lowest BCUT2D eigenvalue weighted by Crippen LogP contribution is -2.30. The van der Waals surface area contributed by atoms with Crippen molar-refractivity contribution in [2.24, 2.45) is 0 Å². The van der Waals surface area contributed by atoms with Crippen molar-refractivity contribution in [2.45, 2.75) is 13.8 Å². The monoisotopic (exact) mass is 233 g/mol. The number of hydrogen-bond acceptors (Lipinski definition) is 3. The molecule has 2 heterocycles. The Labute approximate surface area is 99.8 Å². The summed E-state index contributed by atoms with van der Waals surface area (Å²) in [5, 5.41) is 0. The van der Waals surface area contributed by atoms with Gasteiger partial charge in [-0.2, -0.15) is 0 Å². The number of furan rings is 2. The van der Waals surface area contributed by atoms with Crippen LogP contribution in [0.1, 0.15) is 24.2 Å². The van der Waals surface area contributed by atoms with Crippen LogP contribution < -0.4 is 0 Å². The molecule has 0 atom stereocenters. The molecule has 0 unspecified atom stereocenters. The Hall–Kier alpha value is -1.97. The third-order valence-corrected chi connectivity index (χ3v) is 2.69. The minimum absolute atomic E-state index is 0.0323. The van der Waals surface area contributed by atoms with E-state index in [0.29, 0.717) is 30.2 Å². The first-order valence-electron chi connectivity index (χ1n) is 5.68. The fraction of sp³-hybridized carbons (Fsp3) is 0.308. The quantitative estimate of drug-likeness (QED) is 0.815. The topological polar surface area (TPSA) is 46.6 Å². The van der Waals surface area contributed by atoms with Crippen molar-refractivity contribution in [3.05, 3.63) is 36.3 Å². The molecule has 0 fully saturated rings. The maximum atomic E-state index is 12.2.